The molecule has 1 N–H and O–H groups in total. The molecule has 0 aromatic heterocycles. The third-order valence-corrected chi connectivity index (χ3v) is 4.73. The molecule has 3 rings (SSSR count). The number of nitrogens with one attached hydrogen (secondary N) is 1. The molecule has 4 nitrogen and oxygen atoms in total. The van der Waals surface area contributed by atoms with Crippen LogP contribution in [0.2, 0.25) is 5.02 Å². The molecular formula is C21H21ClN2O2. The Hall–Kier alpha value is -2.59. The average Bonchev–Trinajstić information content (AvgIpc) is 3.16. The van der Waals surface area contributed by atoms with Gasteiger partial charge in [-0.05, 0) is 61.2 Å². The van der Waals surface area contributed by atoms with Crippen molar-refractivity contribution >= 4 is 35.2 Å². The van der Waals surface area contributed by atoms with E-state index in [1.165, 1.54) is 6.08 Å². The molecule has 0 bridgehead atoms. The van der Waals surface area contributed by atoms with E-state index < -0.39 is 0 Å². The molecule has 26 heavy (non-hydrogen) atoms. The molecule has 0 unspecified atom stereocenters. The second-order valence-corrected chi connectivity index (χ2v) is 6.79. The van der Waals surface area contributed by atoms with Gasteiger partial charge in [0, 0.05) is 35.4 Å². The van der Waals surface area contributed by atoms with E-state index in [-0.39, 0.29) is 11.8 Å². The molecule has 1 fully saturated rings. The summed E-state index contributed by atoms with van der Waals surface area (Å²) in [6, 6.07) is 12.7. The Bertz CT molecular complexity index is 855. The van der Waals surface area contributed by atoms with E-state index in [1.807, 2.05) is 30.0 Å². The van der Waals surface area contributed by atoms with Crippen molar-refractivity contribution in [1.82, 2.24) is 4.90 Å². The number of anilines is 1. The van der Waals surface area contributed by atoms with E-state index in [9.17, 15) is 9.59 Å². The molecule has 1 aliphatic heterocycles. The van der Waals surface area contributed by atoms with Gasteiger partial charge in [-0.15, -0.1) is 0 Å². The van der Waals surface area contributed by atoms with Gasteiger partial charge in [-0.25, -0.2) is 0 Å². The number of nitrogens with zero attached hydrogens (tertiary/aromatic N) is 1. The highest BCUT2D eigenvalue weighted by molar-refractivity contribution is 6.30. The minimum Gasteiger partial charge on any atom is -0.339 e. The van der Waals surface area contributed by atoms with Crippen molar-refractivity contribution in [2.75, 3.05) is 18.4 Å². The Morgan fingerprint density at radius 1 is 1.12 bits per heavy atom. The van der Waals surface area contributed by atoms with Crippen molar-refractivity contribution in [3.63, 3.8) is 0 Å². The van der Waals surface area contributed by atoms with Crippen molar-refractivity contribution in [1.29, 1.82) is 0 Å². The number of hydrogen-bond acceptors (Lipinski definition) is 2. The number of benzene rings is 2. The van der Waals surface area contributed by atoms with Crippen LogP contribution in [0.3, 0.4) is 0 Å². The maximum atomic E-state index is 12.6. The molecule has 1 aliphatic rings. The fourth-order valence-corrected chi connectivity index (χ4v) is 3.25. The second kappa shape index (κ2) is 8.19. The zero-order chi connectivity index (χ0) is 18.5. The largest absolute Gasteiger partial charge is 0.339 e. The van der Waals surface area contributed by atoms with Crippen LogP contribution in [-0.2, 0) is 4.79 Å². The first-order valence-corrected chi connectivity index (χ1v) is 9.06. The summed E-state index contributed by atoms with van der Waals surface area (Å²) in [5.41, 5.74) is 2.93. The number of rotatable bonds is 4. The zero-order valence-electron chi connectivity index (χ0n) is 14.7. The third kappa shape index (κ3) is 4.33. The van der Waals surface area contributed by atoms with Crippen LogP contribution >= 0.6 is 11.6 Å². The van der Waals surface area contributed by atoms with Gasteiger partial charge in [0.1, 0.15) is 0 Å². The molecule has 0 spiro atoms. The van der Waals surface area contributed by atoms with Crippen LogP contribution in [0.5, 0.6) is 0 Å². The van der Waals surface area contributed by atoms with Crippen molar-refractivity contribution in [3.8, 4) is 0 Å². The minimum atomic E-state index is -0.251. The first-order valence-electron chi connectivity index (χ1n) is 8.68. The summed E-state index contributed by atoms with van der Waals surface area (Å²) >= 11 is 5.94. The van der Waals surface area contributed by atoms with Crippen molar-refractivity contribution < 1.29 is 9.59 Å². The third-order valence-electron chi connectivity index (χ3n) is 4.49. The van der Waals surface area contributed by atoms with Crippen LogP contribution in [0.1, 0.15) is 34.3 Å². The Kier molecular flexibility index (Phi) is 5.74. The van der Waals surface area contributed by atoms with Gasteiger partial charge < -0.3 is 10.2 Å². The summed E-state index contributed by atoms with van der Waals surface area (Å²) in [7, 11) is 0. The molecule has 2 aromatic carbocycles. The van der Waals surface area contributed by atoms with Gasteiger partial charge in [-0.1, -0.05) is 29.8 Å². The van der Waals surface area contributed by atoms with Crippen molar-refractivity contribution in [2.45, 2.75) is 19.8 Å². The van der Waals surface area contributed by atoms with Gasteiger partial charge in [0.15, 0.2) is 0 Å². The SMILES string of the molecule is Cc1c(NC(=O)/C=C/c2cccc(Cl)c2)cccc1C(=O)N1CCCC1. The predicted molar refractivity (Wildman–Crippen MR) is 105 cm³/mol. The maximum Gasteiger partial charge on any atom is 0.254 e. The van der Waals surface area contributed by atoms with Gasteiger partial charge >= 0.3 is 0 Å². The lowest BCUT2D eigenvalue weighted by molar-refractivity contribution is -0.111. The van der Waals surface area contributed by atoms with Gasteiger partial charge in [-0.3, -0.25) is 9.59 Å². The van der Waals surface area contributed by atoms with E-state index in [1.54, 1.807) is 30.3 Å². The van der Waals surface area contributed by atoms with E-state index in [0.29, 0.717) is 16.3 Å². The lowest BCUT2D eigenvalue weighted by Gasteiger charge is -2.18. The van der Waals surface area contributed by atoms with Gasteiger partial charge in [0.25, 0.3) is 5.91 Å². The quantitative estimate of drug-likeness (QED) is 0.805. The molecule has 0 saturated carbocycles. The lowest BCUT2D eigenvalue weighted by Crippen LogP contribution is -2.28. The second-order valence-electron chi connectivity index (χ2n) is 6.36. The molecule has 1 heterocycles. The van der Waals surface area contributed by atoms with Crippen LogP contribution in [0.15, 0.2) is 48.5 Å². The van der Waals surface area contributed by atoms with E-state index >= 15 is 0 Å². The van der Waals surface area contributed by atoms with Crippen LogP contribution in [0, 0.1) is 6.92 Å². The van der Waals surface area contributed by atoms with Gasteiger partial charge in [0.05, 0.1) is 0 Å². The first-order chi connectivity index (χ1) is 12.5. The van der Waals surface area contributed by atoms with Crippen molar-refractivity contribution in [3.05, 3.63) is 70.3 Å². The molecule has 2 amide bonds. The molecule has 0 atom stereocenters. The van der Waals surface area contributed by atoms with Crippen LogP contribution in [-0.4, -0.2) is 29.8 Å². The summed E-state index contributed by atoms with van der Waals surface area (Å²) < 4.78 is 0. The number of carbonyl (C=O) groups excluding carboxylic acids is 2. The lowest BCUT2D eigenvalue weighted by atomic mass is 10.1. The normalized spacial score (nSPS) is 14.0. The number of hydrogen-bond donors (Lipinski definition) is 1. The van der Waals surface area contributed by atoms with Crippen molar-refractivity contribution in [2.24, 2.45) is 0 Å². The number of likely N-dealkylation sites (tertiary alicyclic amines) is 1. The van der Waals surface area contributed by atoms with Crippen LogP contribution in [0.25, 0.3) is 6.08 Å². The molecule has 2 aromatic rings. The first kappa shape index (κ1) is 18.2. The number of amides is 2. The highest BCUT2D eigenvalue weighted by Crippen LogP contribution is 2.22. The summed E-state index contributed by atoms with van der Waals surface area (Å²) in [5, 5.41) is 3.47. The summed E-state index contributed by atoms with van der Waals surface area (Å²) in [4.78, 5) is 26.7. The fourth-order valence-electron chi connectivity index (χ4n) is 3.05. The number of carbonyl (C=O) groups is 2. The highest BCUT2D eigenvalue weighted by atomic mass is 35.5. The zero-order valence-corrected chi connectivity index (χ0v) is 15.4. The minimum absolute atomic E-state index is 0.0329. The molecule has 0 radical (unpaired) electrons. The topological polar surface area (TPSA) is 49.4 Å². The molecule has 0 aliphatic carbocycles. The van der Waals surface area contributed by atoms with Gasteiger partial charge in [-0.2, -0.15) is 0 Å². The van der Waals surface area contributed by atoms with Gasteiger partial charge in [0.2, 0.25) is 5.91 Å². The standard InChI is InChI=1S/C21H21ClN2O2/c1-15-18(21(26)24-12-2-3-13-24)8-5-9-19(15)23-20(25)11-10-16-6-4-7-17(22)14-16/h4-11,14H,2-3,12-13H2,1H3,(H,23,25)/b11-10+. The van der Waals surface area contributed by atoms with E-state index in [4.69, 9.17) is 11.6 Å². The summed E-state index contributed by atoms with van der Waals surface area (Å²) in [6.45, 7) is 3.47. The van der Waals surface area contributed by atoms with Crippen LogP contribution in [0.4, 0.5) is 5.69 Å². The fraction of sp³-hybridized carbons (Fsp3) is 0.238. The molecular weight excluding hydrogens is 348 g/mol. The van der Waals surface area contributed by atoms with E-state index in [2.05, 4.69) is 5.32 Å². The maximum absolute atomic E-state index is 12.6. The highest BCUT2D eigenvalue weighted by Gasteiger charge is 2.21. The molecule has 5 heteroatoms. The summed E-state index contributed by atoms with van der Waals surface area (Å²) in [5.74, 6) is -0.218. The Morgan fingerprint density at radius 3 is 2.58 bits per heavy atom. The molecule has 1 saturated heterocycles. The Morgan fingerprint density at radius 2 is 1.85 bits per heavy atom. The van der Waals surface area contributed by atoms with E-state index in [0.717, 1.165) is 37.1 Å². The number of halogens is 1. The Balaban J connectivity index is 1.72. The smallest absolute Gasteiger partial charge is 0.254 e. The van der Waals surface area contributed by atoms with Crippen LogP contribution < -0.4 is 5.32 Å². The summed E-state index contributed by atoms with van der Waals surface area (Å²) in [6.07, 6.45) is 5.26. The molecule has 134 valence electrons. The Labute approximate surface area is 158 Å². The predicted octanol–water partition coefficient (Wildman–Crippen LogP) is 4.54. The monoisotopic (exact) mass is 368 g/mol. The average molecular weight is 369 g/mol.